The van der Waals surface area contributed by atoms with E-state index in [1.165, 1.54) is 5.56 Å². The number of nitrogens with one attached hydrogen (secondary N) is 1. The van der Waals surface area contributed by atoms with Gasteiger partial charge >= 0.3 is 0 Å². The van der Waals surface area contributed by atoms with Crippen LogP contribution in [0, 0.1) is 5.92 Å². The first-order chi connectivity index (χ1) is 13.0. The lowest BCUT2D eigenvalue weighted by Crippen LogP contribution is -2.58. The van der Waals surface area contributed by atoms with Crippen molar-refractivity contribution in [3.05, 3.63) is 35.9 Å². The van der Waals surface area contributed by atoms with Crippen LogP contribution >= 0.6 is 0 Å². The van der Waals surface area contributed by atoms with E-state index in [1.807, 2.05) is 32.0 Å². The molecule has 148 valence electrons. The second-order valence-electron chi connectivity index (χ2n) is 8.21. The molecule has 1 aromatic carbocycles. The maximum Gasteiger partial charge on any atom is 0.246 e. The summed E-state index contributed by atoms with van der Waals surface area (Å²) in [5.41, 5.74) is 1.24. The van der Waals surface area contributed by atoms with E-state index in [-0.39, 0.29) is 23.8 Å². The average Bonchev–Trinajstić information content (AvgIpc) is 3.04. The van der Waals surface area contributed by atoms with Crippen molar-refractivity contribution in [3.63, 3.8) is 0 Å². The van der Waals surface area contributed by atoms with E-state index in [2.05, 4.69) is 34.2 Å². The van der Waals surface area contributed by atoms with Gasteiger partial charge in [0.05, 0.1) is 0 Å². The first-order valence-corrected chi connectivity index (χ1v) is 10.4. The molecule has 2 fully saturated rings. The molecule has 5 nitrogen and oxygen atoms in total. The van der Waals surface area contributed by atoms with Crippen molar-refractivity contribution >= 4 is 11.8 Å². The van der Waals surface area contributed by atoms with Gasteiger partial charge in [-0.1, -0.05) is 44.2 Å². The van der Waals surface area contributed by atoms with Gasteiger partial charge in [0.1, 0.15) is 6.04 Å². The quantitative estimate of drug-likeness (QED) is 0.866. The zero-order valence-corrected chi connectivity index (χ0v) is 16.9. The number of benzene rings is 1. The SMILES string of the molecule is CC[C@@H](C)C(=O)N[C@H]1CN(Cc2ccccc2)CC[C@H]2CC[C@@H](C)N2C1=O. The Balaban J connectivity index is 1.78. The summed E-state index contributed by atoms with van der Waals surface area (Å²) < 4.78 is 0. The van der Waals surface area contributed by atoms with Crippen LogP contribution in [0.5, 0.6) is 0 Å². The Morgan fingerprint density at radius 2 is 1.96 bits per heavy atom. The van der Waals surface area contributed by atoms with E-state index in [1.54, 1.807) is 0 Å². The van der Waals surface area contributed by atoms with E-state index in [4.69, 9.17) is 0 Å². The van der Waals surface area contributed by atoms with Crippen LogP contribution in [0.25, 0.3) is 0 Å². The zero-order valence-electron chi connectivity index (χ0n) is 16.9. The number of carbonyl (C=O) groups is 2. The summed E-state index contributed by atoms with van der Waals surface area (Å²) in [7, 11) is 0. The fourth-order valence-electron chi connectivity index (χ4n) is 4.28. The Kier molecular flexibility index (Phi) is 6.53. The number of hydrogen-bond donors (Lipinski definition) is 1. The molecule has 5 heteroatoms. The van der Waals surface area contributed by atoms with Crippen LogP contribution in [-0.2, 0) is 16.1 Å². The highest BCUT2D eigenvalue weighted by molar-refractivity contribution is 5.89. The van der Waals surface area contributed by atoms with E-state index in [9.17, 15) is 9.59 Å². The molecule has 3 rings (SSSR count). The van der Waals surface area contributed by atoms with Gasteiger partial charge in [-0.25, -0.2) is 0 Å². The number of carbonyl (C=O) groups excluding carboxylic acids is 2. The topological polar surface area (TPSA) is 52.7 Å². The molecule has 0 saturated carbocycles. The van der Waals surface area contributed by atoms with Crippen molar-refractivity contribution in [1.82, 2.24) is 15.1 Å². The average molecular weight is 372 g/mol. The zero-order chi connectivity index (χ0) is 19.4. The van der Waals surface area contributed by atoms with Gasteiger partial charge in [-0.2, -0.15) is 0 Å². The summed E-state index contributed by atoms with van der Waals surface area (Å²) >= 11 is 0. The monoisotopic (exact) mass is 371 g/mol. The fraction of sp³-hybridized carbons (Fsp3) is 0.636. The van der Waals surface area contributed by atoms with Gasteiger partial charge < -0.3 is 10.2 Å². The van der Waals surface area contributed by atoms with Gasteiger partial charge in [0.15, 0.2) is 0 Å². The molecule has 0 unspecified atom stereocenters. The molecule has 0 aromatic heterocycles. The van der Waals surface area contributed by atoms with Gasteiger partial charge in [-0.3, -0.25) is 14.5 Å². The van der Waals surface area contributed by atoms with Crippen LogP contribution in [-0.4, -0.2) is 52.8 Å². The van der Waals surface area contributed by atoms with Crippen molar-refractivity contribution in [1.29, 1.82) is 0 Å². The lowest BCUT2D eigenvalue weighted by Gasteiger charge is -2.38. The number of hydrogen-bond acceptors (Lipinski definition) is 3. The van der Waals surface area contributed by atoms with Gasteiger partial charge in [0.25, 0.3) is 0 Å². The van der Waals surface area contributed by atoms with E-state index in [0.29, 0.717) is 12.6 Å². The smallest absolute Gasteiger partial charge is 0.246 e. The highest BCUT2D eigenvalue weighted by Crippen LogP contribution is 2.29. The third kappa shape index (κ3) is 4.70. The van der Waals surface area contributed by atoms with E-state index < -0.39 is 6.04 Å². The first kappa shape index (κ1) is 19.9. The summed E-state index contributed by atoms with van der Waals surface area (Å²) in [6.45, 7) is 8.40. The third-order valence-corrected chi connectivity index (χ3v) is 6.18. The molecule has 2 aliphatic heterocycles. The van der Waals surface area contributed by atoms with Crippen LogP contribution in [0.1, 0.15) is 52.0 Å². The molecule has 2 saturated heterocycles. The molecule has 0 spiro atoms. The van der Waals surface area contributed by atoms with Crippen molar-refractivity contribution in [2.75, 3.05) is 13.1 Å². The summed E-state index contributed by atoms with van der Waals surface area (Å²) in [4.78, 5) is 30.2. The Hall–Kier alpha value is -1.88. The normalized spacial score (nSPS) is 27.6. The van der Waals surface area contributed by atoms with E-state index >= 15 is 0 Å². The molecule has 2 heterocycles. The number of nitrogens with zero attached hydrogens (tertiary/aromatic N) is 2. The Labute approximate surface area is 163 Å². The third-order valence-electron chi connectivity index (χ3n) is 6.18. The standard InChI is InChI=1S/C22H33N3O2/c1-4-16(2)21(26)23-20-15-24(14-18-8-6-5-7-9-18)13-12-19-11-10-17(3)25(19)22(20)27/h5-9,16-17,19-20H,4,10-15H2,1-3H3,(H,23,26)/t16-,17-,19-,20+/m1/s1. The lowest BCUT2D eigenvalue weighted by atomic mass is 10.0. The van der Waals surface area contributed by atoms with Crippen LogP contribution in [0.3, 0.4) is 0 Å². The highest BCUT2D eigenvalue weighted by Gasteiger charge is 2.40. The van der Waals surface area contributed by atoms with Gasteiger partial charge in [-0.05, 0) is 38.2 Å². The van der Waals surface area contributed by atoms with Gasteiger partial charge in [0.2, 0.25) is 11.8 Å². The minimum absolute atomic E-state index is 0.0144. The Bertz CT molecular complexity index is 648. The number of rotatable bonds is 5. The van der Waals surface area contributed by atoms with Crippen LogP contribution in [0.4, 0.5) is 0 Å². The van der Waals surface area contributed by atoms with Crippen LogP contribution < -0.4 is 5.32 Å². The predicted octanol–water partition coefficient (Wildman–Crippen LogP) is 2.80. The summed E-state index contributed by atoms with van der Waals surface area (Å²) in [6.07, 6.45) is 3.91. The summed E-state index contributed by atoms with van der Waals surface area (Å²) in [5, 5.41) is 3.06. The molecule has 0 aliphatic carbocycles. The molecule has 0 bridgehead atoms. The maximum atomic E-state index is 13.3. The van der Waals surface area contributed by atoms with Crippen LogP contribution in [0.15, 0.2) is 30.3 Å². The lowest BCUT2D eigenvalue weighted by molar-refractivity contribution is -0.141. The largest absolute Gasteiger partial charge is 0.343 e. The summed E-state index contributed by atoms with van der Waals surface area (Å²) in [6, 6.07) is 10.5. The molecule has 1 aromatic rings. The van der Waals surface area contributed by atoms with Gasteiger partial charge in [0, 0.05) is 37.6 Å². The maximum absolute atomic E-state index is 13.3. The fourth-order valence-corrected chi connectivity index (χ4v) is 4.28. The van der Waals surface area contributed by atoms with Crippen molar-refractivity contribution in [3.8, 4) is 0 Å². The van der Waals surface area contributed by atoms with Gasteiger partial charge in [-0.15, -0.1) is 0 Å². The Morgan fingerprint density at radius 3 is 2.67 bits per heavy atom. The molecule has 2 aliphatic rings. The highest BCUT2D eigenvalue weighted by atomic mass is 16.2. The molecule has 4 atom stereocenters. The molecular formula is C22H33N3O2. The van der Waals surface area contributed by atoms with Crippen molar-refractivity contribution in [2.24, 2.45) is 5.92 Å². The first-order valence-electron chi connectivity index (χ1n) is 10.4. The number of fused-ring (bicyclic) bond motifs is 1. The molecule has 1 N–H and O–H groups in total. The Morgan fingerprint density at radius 1 is 1.22 bits per heavy atom. The van der Waals surface area contributed by atoms with E-state index in [0.717, 1.165) is 38.8 Å². The minimum atomic E-state index is -0.460. The molecule has 0 radical (unpaired) electrons. The second kappa shape index (κ2) is 8.87. The van der Waals surface area contributed by atoms with Crippen molar-refractivity contribution in [2.45, 2.75) is 71.1 Å². The second-order valence-corrected chi connectivity index (χ2v) is 8.21. The molecule has 27 heavy (non-hydrogen) atoms. The molecule has 2 amide bonds. The predicted molar refractivity (Wildman–Crippen MR) is 107 cm³/mol. The van der Waals surface area contributed by atoms with Crippen LogP contribution in [0.2, 0.25) is 0 Å². The number of amides is 2. The van der Waals surface area contributed by atoms with Crippen molar-refractivity contribution < 1.29 is 9.59 Å². The minimum Gasteiger partial charge on any atom is -0.343 e. The summed E-state index contributed by atoms with van der Waals surface area (Å²) in [5.74, 6) is 0.0107. The molecular weight excluding hydrogens is 338 g/mol.